The van der Waals surface area contributed by atoms with Crippen LogP contribution in [0.1, 0.15) is 36.1 Å². The monoisotopic (exact) mass is 562 g/mol. The van der Waals surface area contributed by atoms with Gasteiger partial charge >= 0.3 is 12.2 Å². The molecular formula is C27H33F3N6O4. The van der Waals surface area contributed by atoms with Crippen LogP contribution < -0.4 is 5.32 Å². The van der Waals surface area contributed by atoms with Crippen molar-refractivity contribution in [1.29, 1.82) is 0 Å². The third kappa shape index (κ3) is 4.88. The molecule has 0 radical (unpaired) electrons. The minimum atomic E-state index is -4.51. The Morgan fingerprint density at radius 2 is 2.12 bits per heavy atom. The molecule has 2 aromatic heterocycles. The summed E-state index contributed by atoms with van der Waals surface area (Å²) in [5.41, 5.74) is -0.646. The van der Waals surface area contributed by atoms with Gasteiger partial charge in [-0.1, -0.05) is 0 Å². The molecule has 2 amide bonds. The van der Waals surface area contributed by atoms with E-state index in [0.717, 1.165) is 18.7 Å². The molecule has 4 aliphatic rings. The Labute approximate surface area is 229 Å². The molecule has 10 nitrogen and oxygen atoms in total. The van der Waals surface area contributed by atoms with Gasteiger partial charge in [0.1, 0.15) is 6.33 Å². The van der Waals surface area contributed by atoms with E-state index in [1.54, 1.807) is 23.1 Å². The first-order valence-corrected chi connectivity index (χ1v) is 13.7. The van der Waals surface area contributed by atoms with Crippen molar-refractivity contribution in [3.8, 4) is 0 Å². The van der Waals surface area contributed by atoms with Crippen LogP contribution in [0.4, 0.5) is 18.0 Å². The minimum absolute atomic E-state index is 0.0378. The van der Waals surface area contributed by atoms with Crippen LogP contribution in [0.15, 0.2) is 31.0 Å². The number of carbonyl (C=O) groups excluding carboxylic acids is 2. The summed E-state index contributed by atoms with van der Waals surface area (Å²) < 4.78 is 52.7. The van der Waals surface area contributed by atoms with Gasteiger partial charge in [-0.05, 0) is 36.8 Å². The summed E-state index contributed by atoms with van der Waals surface area (Å²) in [7, 11) is 1.66. The lowest BCUT2D eigenvalue weighted by Gasteiger charge is -2.37. The molecule has 5 heterocycles. The number of halogens is 3. The number of ether oxygens (including phenoxy) is 2. The topological polar surface area (TPSA) is 102 Å². The summed E-state index contributed by atoms with van der Waals surface area (Å²) in [5, 5.41) is 3.71. The maximum absolute atomic E-state index is 14.4. The summed E-state index contributed by atoms with van der Waals surface area (Å²) in [5.74, 6) is -0.201. The van der Waals surface area contributed by atoms with E-state index in [0.29, 0.717) is 56.8 Å². The van der Waals surface area contributed by atoms with Gasteiger partial charge < -0.3 is 24.6 Å². The summed E-state index contributed by atoms with van der Waals surface area (Å²) in [6, 6.07) is 0.994. The second kappa shape index (κ2) is 10.4. The van der Waals surface area contributed by atoms with Crippen molar-refractivity contribution in [3.05, 3.63) is 47.8 Å². The number of alkyl halides is 3. The summed E-state index contributed by atoms with van der Waals surface area (Å²) in [6.07, 6.45) is 3.24. The van der Waals surface area contributed by atoms with E-state index in [-0.39, 0.29) is 49.1 Å². The lowest BCUT2D eigenvalue weighted by molar-refractivity contribution is -0.143. The number of fused-ring (bicyclic) bond motifs is 2. The third-order valence-electron chi connectivity index (χ3n) is 9.01. The molecule has 0 spiro atoms. The van der Waals surface area contributed by atoms with Crippen LogP contribution in [-0.4, -0.2) is 94.4 Å². The van der Waals surface area contributed by atoms with Gasteiger partial charge in [0, 0.05) is 82.7 Å². The van der Waals surface area contributed by atoms with Gasteiger partial charge in [-0.2, -0.15) is 13.2 Å². The SMILES string of the molecule is COC1COCCC1NC1CC2CN(C(=O)n3ccnc3)CC2(C(=O)N2CCc3ncc(C(F)(F)F)cc3C2)C1. The van der Waals surface area contributed by atoms with Crippen LogP contribution in [0.25, 0.3) is 0 Å². The molecule has 1 saturated carbocycles. The summed E-state index contributed by atoms with van der Waals surface area (Å²) in [6.45, 7) is 2.25. The highest BCUT2D eigenvalue weighted by atomic mass is 19.4. The molecule has 5 atom stereocenters. The van der Waals surface area contributed by atoms with Gasteiger partial charge in [-0.3, -0.25) is 14.3 Å². The molecule has 216 valence electrons. The number of nitrogens with zero attached hydrogens (tertiary/aromatic N) is 5. The van der Waals surface area contributed by atoms with E-state index >= 15 is 0 Å². The minimum Gasteiger partial charge on any atom is -0.379 e. The number of rotatable bonds is 4. The second-order valence-electron chi connectivity index (χ2n) is 11.3. The molecule has 2 saturated heterocycles. The standard InChI is InChI=1S/C27H33F3N6O4/c1-39-23-14-40-7-3-22(23)33-20-9-19-13-36(25(38)35-6-4-31-16-35)15-26(19,10-20)24(37)34-5-2-21-17(12-34)8-18(11-32-21)27(28,29)30/h4,6,8,11,16,19-20,22-23,33H,2-3,5,7,9-10,12-15H2,1H3. The van der Waals surface area contributed by atoms with Gasteiger partial charge in [-0.25, -0.2) is 9.78 Å². The quantitative estimate of drug-likeness (QED) is 0.611. The van der Waals surface area contributed by atoms with Crippen LogP contribution in [0.5, 0.6) is 0 Å². The number of aromatic nitrogens is 3. The first kappa shape index (κ1) is 27.2. The zero-order valence-electron chi connectivity index (χ0n) is 22.3. The predicted molar refractivity (Wildman–Crippen MR) is 135 cm³/mol. The number of likely N-dealkylation sites (tertiary alicyclic amines) is 1. The smallest absolute Gasteiger partial charge is 0.379 e. The third-order valence-corrected chi connectivity index (χ3v) is 9.01. The number of imidazole rings is 1. The Morgan fingerprint density at radius 3 is 2.88 bits per heavy atom. The fourth-order valence-electron chi connectivity index (χ4n) is 7.02. The lowest BCUT2D eigenvalue weighted by atomic mass is 9.78. The van der Waals surface area contributed by atoms with Gasteiger partial charge in [0.15, 0.2) is 0 Å². The molecule has 0 bridgehead atoms. The first-order chi connectivity index (χ1) is 19.2. The first-order valence-electron chi connectivity index (χ1n) is 13.7. The second-order valence-corrected chi connectivity index (χ2v) is 11.3. The Bertz CT molecular complexity index is 1260. The molecule has 3 aliphatic heterocycles. The van der Waals surface area contributed by atoms with Gasteiger partial charge in [-0.15, -0.1) is 0 Å². The molecule has 2 aromatic rings. The Balaban J connectivity index is 1.25. The molecule has 1 aliphatic carbocycles. The molecule has 13 heteroatoms. The molecule has 0 aromatic carbocycles. The average Bonchev–Trinajstić information content (AvgIpc) is 3.67. The summed E-state index contributed by atoms with van der Waals surface area (Å²) in [4.78, 5) is 39.0. The van der Waals surface area contributed by atoms with Crippen molar-refractivity contribution in [2.24, 2.45) is 11.3 Å². The van der Waals surface area contributed by atoms with Crippen molar-refractivity contribution in [2.75, 3.05) is 40.0 Å². The lowest BCUT2D eigenvalue weighted by Crippen LogP contribution is -2.52. The number of nitrogens with one attached hydrogen (secondary N) is 1. The molecule has 6 rings (SSSR count). The van der Waals surface area contributed by atoms with Gasteiger partial charge in [0.05, 0.1) is 23.7 Å². The highest BCUT2D eigenvalue weighted by molar-refractivity contribution is 5.87. The summed E-state index contributed by atoms with van der Waals surface area (Å²) >= 11 is 0. The normalized spacial score (nSPS) is 30.3. The largest absolute Gasteiger partial charge is 0.417 e. The molecule has 40 heavy (non-hydrogen) atoms. The number of amides is 2. The van der Waals surface area contributed by atoms with E-state index in [9.17, 15) is 22.8 Å². The van der Waals surface area contributed by atoms with Crippen molar-refractivity contribution >= 4 is 11.9 Å². The van der Waals surface area contributed by atoms with E-state index < -0.39 is 17.2 Å². The number of methoxy groups -OCH3 is 1. The van der Waals surface area contributed by atoms with Crippen molar-refractivity contribution in [2.45, 2.75) is 56.6 Å². The highest BCUT2D eigenvalue weighted by Gasteiger charge is 2.60. The fourth-order valence-corrected chi connectivity index (χ4v) is 7.02. The zero-order chi connectivity index (χ0) is 28.1. The molecule has 5 unspecified atom stereocenters. The number of hydrogen-bond donors (Lipinski definition) is 1. The van der Waals surface area contributed by atoms with E-state index in [4.69, 9.17) is 9.47 Å². The van der Waals surface area contributed by atoms with Crippen LogP contribution in [0.3, 0.4) is 0 Å². The Kier molecular flexibility index (Phi) is 7.07. The van der Waals surface area contributed by atoms with Gasteiger partial charge in [0.25, 0.3) is 0 Å². The fraction of sp³-hybridized carbons (Fsp3) is 0.630. The van der Waals surface area contributed by atoms with E-state index in [1.807, 2.05) is 0 Å². The maximum atomic E-state index is 14.4. The number of hydrogen-bond acceptors (Lipinski definition) is 7. The van der Waals surface area contributed by atoms with Crippen molar-refractivity contribution < 1.29 is 32.2 Å². The maximum Gasteiger partial charge on any atom is 0.417 e. The van der Waals surface area contributed by atoms with E-state index in [2.05, 4.69) is 15.3 Å². The Hall–Kier alpha value is -3.03. The van der Waals surface area contributed by atoms with Crippen LogP contribution in [-0.2, 0) is 33.4 Å². The molecule has 1 N–H and O–H groups in total. The number of carbonyl (C=O) groups is 2. The number of pyridine rings is 1. The van der Waals surface area contributed by atoms with Crippen LogP contribution >= 0.6 is 0 Å². The predicted octanol–water partition coefficient (Wildman–Crippen LogP) is 2.32. The van der Waals surface area contributed by atoms with E-state index in [1.165, 1.54) is 17.1 Å². The average molecular weight is 563 g/mol. The van der Waals surface area contributed by atoms with Gasteiger partial charge in [0.2, 0.25) is 5.91 Å². The van der Waals surface area contributed by atoms with Crippen LogP contribution in [0, 0.1) is 11.3 Å². The van der Waals surface area contributed by atoms with Crippen molar-refractivity contribution in [1.82, 2.24) is 29.7 Å². The molecule has 3 fully saturated rings. The van der Waals surface area contributed by atoms with Crippen LogP contribution in [0.2, 0.25) is 0 Å². The Morgan fingerprint density at radius 1 is 1.27 bits per heavy atom. The molecular weight excluding hydrogens is 529 g/mol. The van der Waals surface area contributed by atoms with Crippen molar-refractivity contribution in [3.63, 3.8) is 0 Å². The zero-order valence-corrected chi connectivity index (χ0v) is 22.3. The highest BCUT2D eigenvalue weighted by Crippen LogP contribution is 2.51.